The molecule has 0 aromatic carbocycles. The molecule has 1 atom stereocenters. The second-order valence-corrected chi connectivity index (χ2v) is 6.45. The van der Waals surface area contributed by atoms with E-state index in [1.807, 2.05) is 20.3 Å². The maximum absolute atomic E-state index is 4.29. The molecule has 7 heteroatoms. The highest BCUT2D eigenvalue weighted by Crippen LogP contribution is 2.31. The minimum Gasteiger partial charge on any atom is -0.312 e. The number of hydrogen-bond acceptors (Lipinski definition) is 6. The summed E-state index contributed by atoms with van der Waals surface area (Å²) in [6.07, 6.45) is 2.73. The van der Waals surface area contributed by atoms with Gasteiger partial charge in [-0.15, -0.1) is 10.2 Å². The molecule has 0 bridgehead atoms. The third-order valence-electron chi connectivity index (χ3n) is 2.95. The summed E-state index contributed by atoms with van der Waals surface area (Å²) < 4.78 is 5.83. The van der Waals surface area contributed by atoms with Crippen molar-refractivity contribution in [3.8, 4) is 0 Å². The molecule has 2 aromatic rings. The maximum Gasteiger partial charge on any atom is 0.0857 e. The SMILES string of the molecule is CNC(Cc1cn(C)nn1)c1snnc1C(C)(C)C. The lowest BCUT2D eigenvalue weighted by Crippen LogP contribution is -2.23. The lowest BCUT2D eigenvalue weighted by Gasteiger charge is -2.20. The molecule has 0 saturated carbocycles. The van der Waals surface area contributed by atoms with E-state index in [-0.39, 0.29) is 11.5 Å². The van der Waals surface area contributed by atoms with Gasteiger partial charge in [-0.05, 0) is 18.6 Å². The zero-order chi connectivity index (χ0) is 14.0. The fourth-order valence-corrected chi connectivity index (χ4v) is 2.94. The van der Waals surface area contributed by atoms with Crippen LogP contribution in [0.3, 0.4) is 0 Å². The summed E-state index contributed by atoms with van der Waals surface area (Å²) in [5.41, 5.74) is 2.02. The van der Waals surface area contributed by atoms with Gasteiger partial charge in [0.2, 0.25) is 0 Å². The quantitative estimate of drug-likeness (QED) is 0.918. The molecule has 0 amide bonds. The van der Waals surface area contributed by atoms with Crippen LogP contribution in [0.5, 0.6) is 0 Å². The van der Waals surface area contributed by atoms with Gasteiger partial charge in [-0.1, -0.05) is 30.5 Å². The standard InChI is InChI=1S/C12H20N6S/c1-12(2,3)11-10(19-17-15-11)9(13-4)6-8-7-18(5)16-14-8/h7,9,13H,6H2,1-5H3. The van der Waals surface area contributed by atoms with E-state index in [2.05, 4.69) is 46.0 Å². The Morgan fingerprint density at radius 3 is 2.63 bits per heavy atom. The first-order valence-corrected chi connectivity index (χ1v) is 7.04. The van der Waals surface area contributed by atoms with Crippen molar-refractivity contribution >= 4 is 11.5 Å². The molecule has 6 nitrogen and oxygen atoms in total. The Kier molecular flexibility index (Phi) is 3.96. The Hall–Kier alpha value is -1.34. The summed E-state index contributed by atoms with van der Waals surface area (Å²) in [4.78, 5) is 1.18. The maximum atomic E-state index is 4.29. The van der Waals surface area contributed by atoms with Crippen molar-refractivity contribution < 1.29 is 0 Å². The van der Waals surface area contributed by atoms with Gasteiger partial charge in [0, 0.05) is 25.1 Å². The molecule has 104 valence electrons. The fraction of sp³-hybridized carbons (Fsp3) is 0.667. The lowest BCUT2D eigenvalue weighted by atomic mass is 9.89. The van der Waals surface area contributed by atoms with Crippen LogP contribution in [0.4, 0.5) is 0 Å². The average Bonchev–Trinajstić information content (AvgIpc) is 2.93. The number of aromatic nitrogens is 5. The summed E-state index contributed by atoms with van der Waals surface area (Å²) in [6.45, 7) is 6.47. The molecule has 2 rings (SSSR count). The predicted molar refractivity (Wildman–Crippen MR) is 75.1 cm³/mol. The third kappa shape index (κ3) is 3.16. The minimum atomic E-state index is -0.000199. The molecule has 2 heterocycles. The molecular weight excluding hydrogens is 260 g/mol. The molecule has 0 fully saturated rings. The first kappa shape index (κ1) is 14.1. The highest BCUT2D eigenvalue weighted by Gasteiger charge is 2.27. The molecule has 0 radical (unpaired) electrons. The van der Waals surface area contributed by atoms with Crippen molar-refractivity contribution in [1.82, 2.24) is 29.9 Å². The molecule has 0 aliphatic rings. The Bertz CT molecular complexity index is 538. The normalized spacial score (nSPS) is 13.7. The number of aryl methyl sites for hydroxylation is 1. The monoisotopic (exact) mass is 280 g/mol. The van der Waals surface area contributed by atoms with Crippen LogP contribution in [0.1, 0.15) is 43.1 Å². The van der Waals surface area contributed by atoms with Crippen molar-refractivity contribution in [3.05, 3.63) is 22.5 Å². The van der Waals surface area contributed by atoms with Crippen LogP contribution in [-0.4, -0.2) is 31.6 Å². The van der Waals surface area contributed by atoms with Crippen molar-refractivity contribution in [2.75, 3.05) is 7.05 Å². The summed E-state index contributed by atoms with van der Waals surface area (Å²) in [7, 11) is 3.83. The summed E-state index contributed by atoms with van der Waals surface area (Å²) in [6, 6.07) is 0.172. The van der Waals surface area contributed by atoms with Crippen LogP contribution >= 0.6 is 11.5 Å². The van der Waals surface area contributed by atoms with Gasteiger partial charge >= 0.3 is 0 Å². The van der Waals surface area contributed by atoms with Gasteiger partial charge in [0.1, 0.15) is 0 Å². The van der Waals surface area contributed by atoms with Crippen molar-refractivity contribution in [1.29, 1.82) is 0 Å². The Labute approximate surface area is 117 Å². The Morgan fingerprint density at radius 2 is 2.11 bits per heavy atom. The van der Waals surface area contributed by atoms with Crippen molar-refractivity contribution in [2.24, 2.45) is 7.05 Å². The van der Waals surface area contributed by atoms with E-state index in [0.717, 1.165) is 17.8 Å². The summed E-state index contributed by atoms with van der Waals surface area (Å²) >= 11 is 1.46. The number of hydrogen-bond donors (Lipinski definition) is 1. The van der Waals surface area contributed by atoms with E-state index in [1.165, 1.54) is 16.4 Å². The fourth-order valence-electron chi connectivity index (χ4n) is 1.97. The van der Waals surface area contributed by atoms with Gasteiger partial charge in [-0.25, -0.2) is 0 Å². The van der Waals surface area contributed by atoms with E-state index in [4.69, 9.17) is 0 Å². The smallest absolute Gasteiger partial charge is 0.0857 e. The molecule has 1 N–H and O–H groups in total. The highest BCUT2D eigenvalue weighted by atomic mass is 32.1. The predicted octanol–water partition coefficient (Wildman–Crippen LogP) is 1.47. The number of likely N-dealkylation sites (N-methyl/N-ethyl adjacent to an activating group) is 1. The van der Waals surface area contributed by atoms with E-state index < -0.39 is 0 Å². The summed E-state index contributed by atoms with van der Waals surface area (Å²) in [5, 5.41) is 15.7. The van der Waals surface area contributed by atoms with Gasteiger partial charge in [0.05, 0.1) is 22.3 Å². The molecule has 0 spiro atoms. The molecule has 0 aliphatic carbocycles. The zero-order valence-corrected chi connectivity index (χ0v) is 12.8. The van der Waals surface area contributed by atoms with Gasteiger partial charge in [-0.2, -0.15) is 0 Å². The average molecular weight is 280 g/mol. The first-order chi connectivity index (χ1) is 8.91. The second kappa shape index (κ2) is 5.34. The van der Waals surface area contributed by atoms with Crippen molar-refractivity contribution in [2.45, 2.75) is 38.6 Å². The molecule has 2 aromatic heterocycles. The molecule has 19 heavy (non-hydrogen) atoms. The number of rotatable bonds is 4. The molecule has 1 unspecified atom stereocenters. The summed E-state index contributed by atoms with van der Waals surface area (Å²) in [5.74, 6) is 0. The second-order valence-electron chi connectivity index (χ2n) is 5.66. The minimum absolute atomic E-state index is 0.000199. The van der Waals surface area contributed by atoms with Crippen LogP contribution in [0.15, 0.2) is 6.20 Å². The first-order valence-electron chi connectivity index (χ1n) is 6.27. The molecule has 0 aliphatic heterocycles. The van der Waals surface area contributed by atoms with Crippen LogP contribution in [0.2, 0.25) is 0 Å². The van der Waals surface area contributed by atoms with Crippen LogP contribution < -0.4 is 5.32 Å². The van der Waals surface area contributed by atoms with Gasteiger partial charge in [0.25, 0.3) is 0 Å². The highest BCUT2D eigenvalue weighted by molar-refractivity contribution is 7.05. The van der Waals surface area contributed by atoms with E-state index in [9.17, 15) is 0 Å². The van der Waals surface area contributed by atoms with Gasteiger partial charge < -0.3 is 5.32 Å². The molecular formula is C12H20N6S. The van der Waals surface area contributed by atoms with E-state index in [0.29, 0.717) is 0 Å². The van der Waals surface area contributed by atoms with Gasteiger partial charge in [-0.3, -0.25) is 4.68 Å². The lowest BCUT2D eigenvalue weighted by molar-refractivity contribution is 0.528. The van der Waals surface area contributed by atoms with E-state index in [1.54, 1.807) is 4.68 Å². The third-order valence-corrected chi connectivity index (χ3v) is 3.79. The van der Waals surface area contributed by atoms with Crippen LogP contribution in [-0.2, 0) is 18.9 Å². The van der Waals surface area contributed by atoms with Crippen LogP contribution in [0, 0.1) is 0 Å². The zero-order valence-electron chi connectivity index (χ0n) is 12.0. The van der Waals surface area contributed by atoms with Crippen LogP contribution in [0.25, 0.3) is 0 Å². The van der Waals surface area contributed by atoms with Crippen molar-refractivity contribution in [3.63, 3.8) is 0 Å². The Morgan fingerprint density at radius 1 is 1.37 bits per heavy atom. The topological polar surface area (TPSA) is 68.5 Å². The number of nitrogens with zero attached hydrogens (tertiary/aromatic N) is 5. The Balaban J connectivity index is 2.25. The van der Waals surface area contributed by atoms with Gasteiger partial charge in [0.15, 0.2) is 0 Å². The number of nitrogens with one attached hydrogen (secondary N) is 1. The van der Waals surface area contributed by atoms with E-state index >= 15 is 0 Å². The largest absolute Gasteiger partial charge is 0.312 e. The molecule has 0 saturated heterocycles.